The fourth-order valence-electron chi connectivity index (χ4n) is 2.49. The van der Waals surface area contributed by atoms with Crippen LogP contribution in [0.1, 0.15) is 15.9 Å². The van der Waals surface area contributed by atoms with E-state index < -0.39 is 0 Å². The lowest BCUT2D eigenvalue weighted by Crippen LogP contribution is -2.34. The molecule has 0 radical (unpaired) electrons. The summed E-state index contributed by atoms with van der Waals surface area (Å²) in [7, 11) is 0. The number of nitrogens with one attached hydrogen (secondary N) is 2. The molecule has 3 nitrogen and oxygen atoms in total. The lowest BCUT2D eigenvalue weighted by Gasteiger charge is -2.12. The van der Waals surface area contributed by atoms with E-state index in [-0.39, 0.29) is 11.0 Å². The topological polar surface area (TPSA) is 41.1 Å². The summed E-state index contributed by atoms with van der Waals surface area (Å²) in [6.07, 6.45) is 0. The van der Waals surface area contributed by atoms with Gasteiger partial charge in [0.2, 0.25) is 0 Å². The molecule has 0 saturated carbocycles. The molecule has 3 rings (SSSR count). The largest absolute Gasteiger partial charge is 0.332 e. The molecule has 0 aromatic heterocycles. The maximum absolute atomic E-state index is 12.3. The van der Waals surface area contributed by atoms with Crippen molar-refractivity contribution in [3.8, 4) is 0 Å². The van der Waals surface area contributed by atoms with Crippen LogP contribution in [0.4, 0.5) is 5.69 Å². The quantitative estimate of drug-likeness (QED) is 0.693. The molecule has 0 saturated heterocycles. The van der Waals surface area contributed by atoms with Gasteiger partial charge in [0.15, 0.2) is 5.11 Å². The number of hydrogen-bond acceptors (Lipinski definition) is 2. The minimum absolute atomic E-state index is 0.208. The molecule has 3 aromatic rings. The molecule has 0 aliphatic carbocycles. The van der Waals surface area contributed by atoms with E-state index >= 15 is 0 Å². The van der Waals surface area contributed by atoms with Gasteiger partial charge in [0.25, 0.3) is 5.91 Å². The normalized spacial score (nSPS) is 10.3. The molecule has 0 unspecified atom stereocenters. The zero-order valence-electron chi connectivity index (χ0n) is 12.7. The van der Waals surface area contributed by atoms with Gasteiger partial charge < -0.3 is 5.32 Å². The third kappa shape index (κ3) is 3.38. The van der Waals surface area contributed by atoms with Gasteiger partial charge in [0, 0.05) is 16.6 Å². The number of amides is 1. The predicted molar refractivity (Wildman–Crippen MR) is 98.8 cm³/mol. The zero-order valence-corrected chi connectivity index (χ0v) is 13.5. The minimum atomic E-state index is -0.208. The van der Waals surface area contributed by atoms with Crippen molar-refractivity contribution in [2.24, 2.45) is 0 Å². The number of fused-ring (bicyclic) bond motifs is 1. The number of thiocarbonyl (C=S) groups is 1. The molecule has 0 spiro atoms. The van der Waals surface area contributed by atoms with Gasteiger partial charge >= 0.3 is 0 Å². The van der Waals surface area contributed by atoms with Crippen LogP contribution < -0.4 is 10.6 Å². The molecule has 0 aliphatic heterocycles. The molecule has 0 fully saturated rings. The monoisotopic (exact) mass is 320 g/mol. The number of carbonyl (C=O) groups is 1. The van der Waals surface area contributed by atoms with Crippen molar-refractivity contribution in [2.45, 2.75) is 6.92 Å². The standard InChI is InChI=1S/C19H16N2OS/c1-13-7-2-4-10-15(13)18(22)21-19(23)20-17-12-6-9-14-8-3-5-11-16(14)17/h2-12H,1H3,(H2,20,21,22,23). The number of rotatable bonds is 2. The van der Waals surface area contributed by atoms with Crippen LogP contribution in [-0.4, -0.2) is 11.0 Å². The molecule has 0 bridgehead atoms. The molecule has 23 heavy (non-hydrogen) atoms. The van der Waals surface area contributed by atoms with Gasteiger partial charge in [-0.3, -0.25) is 10.1 Å². The Morgan fingerprint density at radius 2 is 1.61 bits per heavy atom. The van der Waals surface area contributed by atoms with Crippen LogP contribution >= 0.6 is 12.2 Å². The molecule has 0 aliphatic rings. The molecule has 0 heterocycles. The number of aryl methyl sites for hydroxylation is 1. The van der Waals surface area contributed by atoms with Crippen molar-refractivity contribution < 1.29 is 4.79 Å². The van der Waals surface area contributed by atoms with Crippen LogP contribution in [0.15, 0.2) is 66.7 Å². The van der Waals surface area contributed by atoms with Crippen LogP contribution in [-0.2, 0) is 0 Å². The van der Waals surface area contributed by atoms with E-state index in [1.165, 1.54) is 0 Å². The molecule has 1 amide bonds. The maximum atomic E-state index is 12.3. The molecule has 0 atom stereocenters. The summed E-state index contributed by atoms with van der Waals surface area (Å²) in [5, 5.41) is 8.30. The van der Waals surface area contributed by atoms with Crippen molar-refractivity contribution >= 4 is 39.7 Å². The highest BCUT2D eigenvalue weighted by Gasteiger charge is 2.10. The first-order valence-electron chi connectivity index (χ1n) is 7.31. The third-order valence-electron chi connectivity index (χ3n) is 3.65. The number of anilines is 1. The van der Waals surface area contributed by atoms with Gasteiger partial charge in [0.1, 0.15) is 0 Å². The summed E-state index contributed by atoms with van der Waals surface area (Å²) in [5.41, 5.74) is 2.41. The van der Waals surface area contributed by atoms with Gasteiger partial charge in [-0.05, 0) is 42.2 Å². The van der Waals surface area contributed by atoms with Crippen molar-refractivity contribution in [1.29, 1.82) is 0 Å². The number of carbonyl (C=O) groups excluding carboxylic acids is 1. The zero-order chi connectivity index (χ0) is 16.2. The van der Waals surface area contributed by atoms with E-state index in [4.69, 9.17) is 12.2 Å². The third-order valence-corrected chi connectivity index (χ3v) is 3.86. The van der Waals surface area contributed by atoms with Gasteiger partial charge in [-0.15, -0.1) is 0 Å². The maximum Gasteiger partial charge on any atom is 0.257 e. The molecule has 114 valence electrons. The Morgan fingerprint density at radius 1 is 0.913 bits per heavy atom. The van der Waals surface area contributed by atoms with Crippen molar-refractivity contribution in [2.75, 3.05) is 5.32 Å². The van der Waals surface area contributed by atoms with Gasteiger partial charge in [0.05, 0.1) is 0 Å². The summed E-state index contributed by atoms with van der Waals surface area (Å²) in [5.74, 6) is -0.208. The van der Waals surface area contributed by atoms with Crippen LogP contribution in [0.5, 0.6) is 0 Å². The SMILES string of the molecule is Cc1ccccc1C(=O)NC(=S)Nc1cccc2ccccc12. The second-order valence-electron chi connectivity index (χ2n) is 5.25. The highest BCUT2D eigenvalue weighted by molar-refractivity contribution is 7.80. The second kappa shape index (κ2) is 6.58. The van der Waals surface area contributed by atoms with Crippen LogP contribution in [0.2, 0.25) is 0 Å². The fraction of sp³-hybridized carbons (Fsp3) is 0.0526. The van der Waals surface area contributed by atoms with Gasteiger partial charge in [-0.1, -0.05) is 54.6 Å². The Balaban J connectivity index is 1.77. The van der Waals surface area contributed by atoms with E-state index in [1.54, 1.807) is 6.07 Å². The Bertz CT molecular complexity index is 884. The Labute approximate surface area is 140 Å². The molecule has 2 N–H and O–H groups in total. The number of benzene rings is 3. The lowest BCUT2D eigenvalue weighted by atomic mass is 10.1. The van der Waals surface area contributed by atoms with Crippen molar-refractivity contribution in [1.82, 2.24) is 5.32 Å². The molecular weight excluding hydrogens is 304 g/mol. The summed E-state index contributed by atoms with van der Waals surface area (Å²) in [4.78, 5) is 12.3. The first kappa shape index (κ1) is 15.2. The van der Waals surface area contributed by atoms with Crippen LogP contribution in [0.3, 0.4) is 0 Å². The summed E-state index contributed by atoms with van der Waals surface area (Å²) in [6.45, 7) is 1.90. The van der Waals surface area contributed by atoms with E-state index in [2.05, 4.69) is 10.6 Å². The van der Waals surface area contributed by atoms with Crippen molar-refractivity contribution in [3.63, 3.8) is 0 Å². The number of hydrogen-bond donors (Lipinski definition) is 2. The lowest BCUT2D eigenvalue weighted by molar-refractivity contribution is 0.0977. The van der Waals surface area contributed by atoms with E-state index in [0.717, 1.165) is 22.0 Å². The van der Waals surface area contributed by atoms with Gasteiger partial charge in [-0.2, -0.15) is 0 Å². The fourth-order valence-corrected chi connectivity index (χ4v) is 2.69. The van der Waals surface area contributed by atoms with E-state index in [1.807, 2.05) is 67.6 Å². The minimum Gasteiger partial charge on any atom is -0.332 e. The summed E-state index contributed by atoms with van der Waals surface area (Å²) < 4.78 is 0. The van der Waals surface area contributed by atoms with E-state index in [0.29, 0.717) is 5.56 Å². The average Bonchev–Trinajstić information content (AvgIpc) is 2.55. The second-order valence-corrected chi connectivity index (χ2v) is 5.66. The summed E-state index contributed by atoms with van der Waals surface area (Å²) in [6, 6.07) is 21.4. The highest BCUT2D eigenvalue weighted by Crippen LogP contribution is 2.22. The van der Waals surface area contributed by atoms with Crippen LogP contribution in [0.25, 0.3) is 10.8 Å². The smallest absolute Gasteiger partial charge is 0.257 e. The Hall–Kier alpha value is -2.72. The predicted octanol–water partition coefficient (Wildman–Crippen LogP) is 4.28. The van der Waals surface area contributed by atoms with Gasteiger partial charge in [-0.25, -0.2) is 0 Å². The molecule has 4 heteroatoms. The average molecular weight is 320 g/mol. The molecular formula is C19H16N2OS. The molecule has 3 aromatic carbocycles. The first-order chi connectivity index (χ1) is 11.1. The Morgan fingerprint density at radius 3 is 2.43 bits per heavy atom. The first-order valence-corrected chi connectivity index (χ1v) is 7.72. The van der Waals surface area contributed by atoms with Crippen LogP contribution in [0, 0.1) is 6.92 Å². The Kier molecular flexibility index (Phi) is 4.35. The van der Waals surface area contributed by atoms with E-state index in [9.17, 15) is 4.79 Å². The highest BCUT2D eigenvalue weighted by atomic mass is 32.1. The van der Waals surface area contributed by atoms with Crippen molar-refractivity contribution in [3.05, 3.63) is 77.9 Å². The summed E-state index contributed by atoms with van der Waals surface area (Å²) >= 11 is 5.28.